The number of benzene rings is 2. The number of H-pyrrole nitrogens is 1. The van der Waals surface area contributed by atoms with Crippen LogP contribution in [0.15, 0.2) is 34.8 Å². The van der Waals surface area contributed by atoms with Gasteiger partial charge in [0.25, 0.3) is 0 Å². The molecule has 0 spiro atoms. The fourth-order valence-electron chi connectivity index (χ4n) is 1.88. The van der Waals surface area contributed by atoms with Crippen LogP contribution in [0.5, 0.6) is 0 Å². The van der Waals surface area contributed by atoms with Crippen LogP contribution in [0.25, 0.3) is 22.4 Å². The number of halogens is 3. The first-order valence-electron chi connectivity index (χ1n) is 5.45. The number of aromatic amines is 1. The molecule has 0 aliphatic rings. The normalized spacial score (nSPS) is 11.1. The van der Waals surface area contributed by atoms with Gasteiger partial charge in [-0.25, -0.2) is 13.8 Å². The molecule has 96 valence electrons. The number of nitrogens with two attached hydrogens (primary N) is 1. The molecule has 0 aliphatic heterocycles. The van der Waals surface area contributed by atoms with Gasteiger partial charge in [-0.1, -0.05) is 15.9 Å². The Morgan fingerprint density at radius 1 is 1.11 bits per heavy atom. The minimum atomic E-state index is -0.922. The quantitative estimate of drug-likeness (QED) is 0.668. The molecule has 0 amide bonds. The van der Waals surface area contributed by atoms with Crippen molar-refractivity contribution in [3.63, 3.8) is 0 Å². The first-order chi connectivity index (χ1) is 9.04. The highest BCUT2D eigenvalue weighted by Crippen LogP contribution is 2.28. The van der Waals surface area contributed by atoms with E-state index in [1.54, 1.807) is 12.1 Å². The van der Waals surface area contributed by atoms with Crippen molar-refractivity contribution in [2.75, 3.05) is 5.73 Å². The molecular formula is C13H8BrF2N3. The van der Waals surface area contributed by atoms with Gasteiger partial charge in [0.1, 0.15) is 5.82 Å². The van der Waals surface area contributed by atoms with Crippen LogP contribution in [-0.4, -0.2) is 9.97 Å². The number of nitrogen functional groups attached to an aromatic ring is 1. The summed E-state index contributed by atoms with van der Waals surface area (Å²) in [5.41, 5.74) is 7.88. The Morgan fingerprint density at radius 3 is 2.58 bits per heavy atom. The van der Waals surface area contributed by atoms with Gasteiger partial charge >= 0.3 is 0 Å². The Kier molecular flexibility index (Phi) is 2.74. The van der Waals surface area contributed by atoms with Crippen LogP contribution in [0.3, 0.4) is 0 Å². The molecule has 19 heavy (non-hydrogen) atoms. The average molecular weight is 324 g/mol. The summed E-state index contributed by atoms with van der Waals surface area (Å²) >= 11 is 3.31. The van der Waals surface area contributed by atoms with E-state index >= 15 is 0 Å². The summed E-state index contributed by atoms with van der Waals surface area (Å²) in [5, 5.41) is 0. The van der Waals surface area contributed by atoms with Crippen LogP contribution < -0.4 is 5.73 Å². The van der Waals surface area contributed by atoms with E-state index in [0.29, 0.717) is 28.1 Å². The zero-order chi connectivity index (χ0) is 13.6. The Balaban J connectivity index is 2.20. The Hall–Kier alpha value is -1.95. The van der Waals surface area contributed by atoms with Gasteiger partial charge in [0.05, 0.1) is 11.0 Å². The Labute approximate surface area is 115 Å². The molecule has 1 aromatic heterocycles. The van der Waals surface area contributed by atoms with E-state index in [0.717, 1.165) is 16.6 Å². The molecule has 0 fully saturated rings. The van der Waals surface area contributed by atoms with Gasteiger partial charge in [0.15, 0.2) is 11.6 Å². The third-order valence-corrected chi connectivity index (χ3v) is 3.29. The van der Waals surface area contributed by atoms with Crippen molar-refractivity contribution in [2.45, 2.75) is 0 Å². The molecule has 0 radical (unpaired) electrons. The second-order valence-electron chi connectivity index (χ2n) is 4.10. The Bertz CT molecular complexity index is 744. The van der Waals surface area contributed by atoms with Gasteiger partial charge in [-0.3, -0.25) is 0 Å². The van der Waals surface area contributed by atoms with E-state index in [-0.39, 0.29) is 0 Å². The standard InChI is InChI=1S/C13H8BrF2N3/c14-6-1-2-7(10(17)3-6)13-18-11-4-8(15)9(16)5-12(11)19-13/h1-5H,17H2,(H,18,19). The largest absolute Gasteiger partial charge is 0.398 e. The molecule has 1 heterocycles. The van der Waals surface area contributed by atoms with Crippen molar-refractivity contribution in [2.24, 2.45) is 0 Å². The highest BCUT2D eigenvalue weighted by molar-refractivity contribution is 9.10. The smallest absolute Gasteiger partial charge is 0.161 e. The predicted molar refractivity (Wildman–Crippen MR) is 73.6 cm³/mol. The monoisotopic (exact) mass is 323 g/mol. The Morgan fingerprint density at radius 2 is 1.84 bits per heavy atom. The van der Waals surface area contributed by atoms with Crippen molar-refractivity contribution in [3.05, 3.63) is 46.4 Å². The highest BCUT2D eigenvalue weighted by Gasteiger charge is 2.11. The zero-order valence-corrected chi connectivity index (χ0v) is 11.1. The maximum absolute atomic E-state index is 13.1. The summed E-state index contributed by atoms with van der Waals surface area (Å²) in [6.07, 6.45) is 0. The molecule has 3 nitrogen and oxygen atoms in total. The summed E-state index contributed by atoms with van der Waals surface area (Å²) in [5.74, 6) is -1.36. The average Bonchev–Trinajstić information content (AvgIpc) is 2.72. The van der Waals surface area contributed by atoms with Gasteiger partial charge in [-0.05, 0) is 18.2 Å². The number of hydrogen-bond acceptors (Lipinski definition) is 2. The van der Waals surface area contributed by atoms with Crippen molar-refractivity contribution in [1.29, 1.82) is 0 Å². The van der Waals surface area contributed by atoms with Crippen LogP contribution in [0.4, 0.5) is 14.5 Å². The third-order valence-electron chi connectivity index (χ3n) is 2.79. The SMILES string of the molecule is Nc1cc(Br)ccc1-c1nc2cc(F)c(F)cc2[nH]1. The number of rotatable bonds is 1. The van der Waals surface area contributed by atoms with Gasteiger partial charge in [-0.2, -0.15) is 0 Å². The van der Waals surface area contributed by atoms with Crippen molar-refractivity contribution in [3.8, 4) is 11.4 Å². The van der Waals surface area contributed by atoms with E-state index < -0.39 is 11.6 Å². The van der Waals surface area contributed by atoms with Gasteiger partial charge in [0, 0.05) is 27.9 Å². The molecule has 0 aliphatic carbocycles. The topological polar surface area (TPSA) is 54.7 Å². The third kappa shape index (κ3) is 2.08. The maximum Gasteiger partial charge on any atom is 0.161 e. The molecule has 3 aromatic rings. The summed E-state index contributed by atoms with van der Waals surface area (Å²) in [6.45, 7) is 0. The number of anilines is 1. The van der Waals surface area contributed by atoms with E-state index in [9.17, 15) is 8.78 Å². The van der Waals surface area contributed by atoms with Gasteiger partial charge < -0.3 is 10.7 Å². The first kappa shape index (κ1) is 12.1. The number of fused-ring (bicyclic) bond motifs is 1. The number of aromatic nitrogens is 2. The van der Waals surface area contributed by atoms with E-state index in [4.69, 9.17) is 5.73 Å². The van der Waals surface area contributed by atoms with E-state index in [1.165, 1.54) is 0 Å². The van der Waals surface area contributed by atoms with Crippen LogP contribution in [0.2, 0.25) is 0 Å². The lowest BCUT2D eigenvalue weighted by Gasteiger charge is -2.02. The molecule has 6 heteroatoms. The summed E-state index contributed by atoms with van der Waals surface area (Å²) in [7, 11) is 0. The predicted octanol–water partition coefficient (Wildman–Crippen LogP) is 3.85. The first-order valence-corrected chi connectivity index (χ1v) is 6.24. The fourth-order valence-corrected chi connectivity index (χ4v) is 2.26. The lowest BCUT2D eigenvalue weighted by molar-refractivity contribution is 0.510. The molecule has 0 unspecified atom stereocenters. The molecule has 0 saturated carbocycles. The number of nitrogens with zero attached hydrogens (tertiary/aromatic N) is 1. The number of imidazole rings is 1. The highest BCUT2D eigenvalue weighted by atomic mass is 79.9. The number of nitrogens with one attached hydrogen (secondary N) is 1. The van der Waals surface area contributed by atoms with Crippen molar-refractivity contribution < 1.29 is 8.78 Å². The summed E-state index contributed by atoms with van der Waals surface area (Å²) in [4.78, 5) is 7.14. The van der Waals surface area contributed by atoms with Gasteiger partial charge in [-0.15, -0.1) is 0 Å². The van der Waals surface area contributed by atoms with Gasteiger partial charge in [0.2, 0.25) is 0 Å². The molecule has 0 bridgehead atoms. The minimum absolute atomic E-state index is 0.358. The van der Waals surface area contributed by atoms with E-state index in [2.05, 4.69) is 25.9 Å². The van der Waals surface area contributed by atoms with Crippen molar-refractivity contribution >= 4 is 32.7 Å². The van der Waals surface area contributed by atoms with Crippen LogP contribution in [0, 0.1) is 11.6 Å². The zero-order valence-electron chi connectivity index (χ0n) is 9.55. The lowest BCUT2D eigenvalue weighted by atomic mass is 10.2. The van der Waals surface area contributed by atoms with Crippen LogP contribution in [0.1, 0.15) is 0 Å². The van der Waals surface area contributed by atoms with Crippen LogP contribution >= 0.6 is 15.9 Å². The summed E-state index contributed by atoms with van der Waals surface area (Å²) in [6, 6.07) is 7.48. The number of hydrogen-bond donors (Lipinski definition) is 2. The molecule has 3 rings (SSSR count). The van der Waals surface area contributed by atoms with Crippen LogP contribution in [-0.2, 0) is 0 Å². The molecule has 3 N–H and O–H groups in total. The van der Waals surface area contributed by atoms with Crippen molar-refractivity contribution in [1.82, 2.24) is 9.97 Å². The lowest BCUT2D eigenvalue weighted by Crippen LogP contribution is -1.91. The summed E-state index contributed by atoms with van der Waals surface area (Å²) < 4.78 is 27.1. The molecule has 0 atom stereocenters. The van der Waals surface area contributed by atoms with E-state index in [1.807, 2.05) is 6.07 Å². The minimum Gasteiger partial charge on any atom is -0.398 e. The second-order valence-corrected chi connectivity index (χ2v) is 5.02. The maximum atomic E-state index is 13.1. The second kappa shape index (κ2) is 4.31. The molecular weight excluding hydrogens is 316 g/mol. The fraction of sp³-hybridized carbons (Fsp3) is 0. The molecule has 2 aromatic carbocycles. The molecule has 0 saturated heterocycles.